The smallest absolute Gasteiger partial charge is 0.308 e. The summed E-state index contributed by atoms with van der Waals surface area (Å²) < 4.78 is 16.8. The van der Waals surface area contributed by atoms with Gasteiger partial charge in [-0.25, -0.2) is 0 Å². The Balaban J connectivity index is 2.38. The molecule has 0 radical (unpaired) electrons. The first-order chi connectivity index (χ1) is 15.6. The summed E-state index contributed by atoms with van der Waals surface area (Å²) >= 11 is 0. The SMILES string of the molecule is CC(=O)OC1=C(C(C)C)C(=O)C2=C(C1=O)[C@@]1(C)CCCC(C)(C)[C@@H]1[C@H](OC(C)=O)[C@H]2OC(C)=O. The van der Waals surface area contributed by atoms with Crippen LogP contribution in [0.5, 0.6) is 0 Å². The predicted molar refractivity (Wildman–Crippen MR) is 121 cm³/mol. The number of esters is 3. The van der Waals surface area contributed by atoms with Gasteiger partial charge in [0, 0.05) is 43.3 Å². The van der Waals surface area contributed by atoms with E-state index in [9.17, 15) is 24.0 Å². The minimum atomic E-state index is -1.24. The number of hydrogen-bond donors (Lipinski definition) is 0. The Morgan fingerprint density at radius 2 is 1.47 bits per heavy atom. The lowest BCUT2D eigenvalue weighted by Gasteiger charge is -2.58. The molecule has 0 heterocycles. The maximum atomic E-state index is 14.0. The fourth-order valence-corrected chi connectivity index (χ4v) is 6.47. The van der Waals surface area contributed by atoms with Crippen LogP contribution in [0.25, 0.3) is 0 Å². The Morgan fingerprint density at radius 1 is 0.882 bits per heavy atom. The first kappa shape index (κ1) is 25.8. The molecule has 0 bridgehead atoms. The molecule has 0 aromatic carbocycles. The minimum Gasteiger partial charge on any atom is -0.458 e. The monoisotopic (exact) mass is 474 g/mol. The van der Waals surface area contributed by atoms with Crippen molar-refractivity contribution in [2.45, 2.75) is 86.9 Å². The van der Waals surface area contributed by atoms with Crippen molar-refractivity contribution in [1.29, 1.82) is 0 Å². The van der Waals surface area contributed by atoms with Gasteiger partial charge in [-0.3, -0.25) is 24.0 Å². The van der Waals surface area contributed by atoms with Crippen molar-refractivity contribution in [3.8, 4) is 0 Å². The van der Waals surface area contributed by atoms with E-state index in [0.717, 1.165) is 12.8 Å². The van der Waals surface area contributed by atoms with E-state index in [0.29, 0.717) is 6.42 Å². The van der Waals surface area contributed by atoms with Crippen LogP contribution in [0.3, 0.4) is 0 Å². The fraction of sp³-hybridized carbons (Fsp3) is 0.654. The molecule has 8 heteroatoms. The van der Waals surface area contributed by atoms with Crippen LogP contribution >= 0.6 is 0 Å². The highest BCUT2D eigenvalue weighted by Crippen LogP contribution is 2.62. The second-order valence-electron chi connectivity index (χ2n) is 10.8. The van der Waals surface area contributed by atoms with Crippen LogP contribution in [0.15, 0.2) is 22.5 Å². The predicted octanol–water partition coefficient (Wildman–Crippen LogP) is 3.62. The molecule has 3 rings (SSSR count). The molecule has 0 amide bonds. The lowest BCUT2D eigenvalue weighted by atomic mass is 9.47. The van der Waals surface area contributed by atoms with E-state index in [1.54, 1.807) is 13.8 Å². The van der Waals surface area contributed by atoms with Crippen molar-refractivity contribution in [2.75, 3.05) is 0 Å². The number of Topliss-reactive ketones (excluding diaryl/α,β-unsaturated/α-hetero) is 2. The number of fused-ring (bicyclic) bond motifs is 2. The van der Waals surface area contributed by atoms with Crippen LogP contribution < -0.4 is 0 Å². The van der Waals surface area contributed by atoms with Crippen LogP contribution in [-0.4, -0.2) is 41.7 Å². The van der Waals surface area contributed by atoms with Crippen molar-refractivity contribution in [3.05, 3.63) is 22.5 Å². The number of ether oxygens (including phenoxy) is 3. The maximum Gasteiger partial charge on any atom is 0.308 e. The van der Waals surface area contributed by atoms with Gasteiger partial charge in [0.15, 0.2) is 17.6 Å². The Hall–Kier alpha value is -2.77. The molecular formula is C26H34O8. The highest BCUT2D eigenvalue weighted by atomic mass is 16.6. The molecule has 1 fully saturated rings. The van der Waals surface area contributed by atoms with Gasteiger partial charge in [0.25, 0.3) is 0 Å². The lowest BCUT2D eigenvalue weighted by molar-refractivity contribution is -0.186. The van der Waals surface area contributed by atoms with Crippen molar-refractivity contribution in [3.63, 3.8) is 0 Å². The topological polar surface area (TPSA) is 113 Å². The zero-order valence-electron chi connectivity index (χ0n) is 21.2. The minimum absolute atomic E-state index is 0.0301. The zero-order valence-corrected chi connectivity index (χ0v) is 21.2. The normalized spacial score (nSPS) is 30.6. The molecule has 3 aliphatic rings. The highest BCUT2D eigenvalue weighted by Gasteiger charge is 2.64. The van der Waals surface area contributed by atoms with Crippen molar-refractivity contribution in [2.24, 2.45) is 22.7 Å². The lowest BCUT2D eigenvalue weighted by Crippen LogP contribution is -2.61. The van der Waals surface area contributed by atoms with E-state index in [1.165, 1.54) is 20.8 Å². The average molecular weight is 475 g/mol. The fourth-order valence-electron chi connectivity index (χ4n) is 6.47. The third kappa shape index (κ3) is 4.12. The summed E-state index contributed by atoms with van der Waals surface area (Å²) in [6.45, 7) is 13.1. The summed E-state index contributed by atoms with van der Waals surface area (Å²) in [5.74, 6) is -4.12. The maximum absolute atomic E-state index is 14.0. The molecule has 34 heavy (non-hydrogen) atoms. The van der Waals surface area contributed by atoms with Crippen LogP contribution in [0, 0.1) is 22.7 Å². The van der Waals surface area contributed by atoms with E-state index < -0.39 is 64.3 Å². The number of ketones is 2. The Bertz CT molecular complexity index is 1030. The van der Waals surface area contributed by atoms with Crippen LogP contribution in [-0.2, 0) is 38.2 Å². The summed E-state index contributed by atoms with van der Waals surface area (Å²) in [7, 11) is 0. The molecule has 0 aromatic rings. The summed E-state index contributed by atoms with van der Waals surface area (Å²) in [5, 5.41) is 0. The number of carbonyl (C=O) groups is 5. The van der Waals surface area contributed by atoms with E-state index in [-0.39, 0.29) is 22.5 Å². The van der Waals surface area contributed by atoms with E-state index in [1.807, 2.05) is 20.8 Å². The Labute approximate surface area is 200 Å². The van der Waals surface area contributed by atoms with Gasteiger partial charge >= 0.3 is 17.9 Å². The van der Waals surface area contributed by atoms with Gasteiger partial charge in [-0.15, -0.1) is 0 Å². The van der Waals surface area contributed by atoms with E-state index in [4.69, 9.17) is 14.2 Å². The highest BCUT2D eigenvalue weighted by molar-refractivity contribution is 6.26. The molecule has 4 atom stereocenters. The van der Waals surface area contributed by atoms with Gasteiger partial charge in [0.2, 0.25) is 5.78 Å². The van der Waals surface area contributed by atoms with E-state index in [2.05, 4.69) is 0 Å². The molecule has 8 nitrogen and oxygen atoms in total. The van der Waals surface area contributed by atoms with Gasteiger partial charge in [-0.05, 0) is 24.2 Å². The Morgan fingerprint density at radius 3 is 1.97 bits per heavy atom. The summed E-state index contributed by atoms with van der Waals surface area (Å²) in [6, 6.07) is 0. The quantitative estimate of drug-likeness (QED) is 0.345. The van der Waals surface area contributed by atoms with Crippen molar-refractivity contribution >= 4 is 29.5 Å². The number of allylic oxidation sites excluding steroid dienone is 2. The number of rotatable bonds is 4. The van der Waals surface area contributed by atoms with Gasteiger partial charge in [-0.1, -0.05) is 41.0 Å². The molecule has 0 spiro atoms. The van der Waals surface area contributed by atoms with Gasteiger partial charge in [0.05, 0.1) is 5.57 Å². The molecule has 0 aromatic heterocycles. The molecular weight excluding hydrogens is 440 g/mol. The van der Waals surface area contributed by atoms with E-state index >= 15 is 0 Å². The third-order valence-corrected chi connectivity index (χ3v) is 7.38. The van der Waals surface area contributed by atoms with Crippen LogP contribution in [0.1, 0.15) is 74.7 Å². The zero-order chi connectivity index (χ0) is 25.7. The molecule has 0 saturated heterocycles. The molecule has 0 aliphatic heterocycles. The molecule has 0 N–H and O–H groups in total. The second kappa shape index (κ2) is 8.78. The summed E-state index contributed by atoms with van der Waals surface area (Å²) in [6.07, 6.45) is -0.0374. The molecule has 1 saturated carbocycles. The van der Waals surface area contributed by atoms with Crippen molar-refractivity contribution in [1.82, 2.24) is 0 Å². The first-order valence-corrected chi connectivity index (χ1v) is 11.7. The van der Waals surface area contributed by atoms with Crippen LogP contribution in [0.2, 0.25) is 0 Å². The standard InChI is InChI=1S/C26H34O8/c1-12(2)16-19(30)17-18(20(31)21(16)32-13(3)27)26(8)11-9-10-25(6,7)24(26)23(34-15(5)29)22(17)33-14(4)28/h12,22-24H,9-11H2,1-8H3/t22-,23+,24-,26+/m0/s1. The largest absolute Gasteiger partial charge is 0.458 e. The number of hydrogen-bond acceptors (Lipinski definition) is 8. The molecule has 3 aliphatic carbocycles. The van der Waals surface area contributed by atoms with Gasteiger partial charge in [0.1, 0.15) is 6.10 Å². The summed E-state index contributed by atoms with van der Waals surface area (Å²) in [4.78, 5) is 64.2. The summed E-state index contributed by atoms with van der Waals surface area (Å²) in [5.41, 5.74) is -0.992. The Kier molecular flexibility index (Phi) is 6.68. The van der Waals surface area contributed by atoms with Crippen molar-refractivity contribution < 1.29 is 38.2 Å². The van der Waals surface area contributed by atoms with Gasteiger partial charge < -0.3 is 14.2 Å². The second-order valence-corrected chi connectivity index (χ2v) is 10.8. The third-order valence-electron chi connectivity index (χ3n) is 7.38. The first-order valence-electron chi connectivity index (χ1n) is 11.7. The number of carbonyl (C=O) groups excluding carboxylic acids is 5. The van der Waals surface area contributed by atoms with Crippen LogP contribution in [0.4, 0.5) is 0 Å². The van der Waals surface area contributed by atoms with Gasteiger partial charge in [-0.2, -0.15) is 0 Å². The molecule has 186 valence electrons. The molecule has 0 unspecified atom stereocenters. The average Bonchev–Trinajstić information content (AvgIpc) is 2.65.